The fourth-order valence-corrected chi connectivity index (χ4v) is 3.82. The summed E-state index contributed by atoms with van der Waals surface area (Å²) in [6, 6.07) is 16.0. The van der Waals surface area contributed by atoms with E-state index in [1.807, 2.05) is 0 Å². The number of halogens is 2. The zero-order valence-corrected chi connectivity index (χ0v) is 18.0. The summed E-state index contributed by atoms with van der Waals surface area (Å²) in [6.45, 7) is -0.293. The number of hydrogen-bond acceptors (Lipinski definition) is 5. The van der Waals surface area contributed by atoms with Crippen molar-refractivity contribution >= 4 is 46.6 Å². The predicted molar refractivity (Wildman–Crippen MR) is 118 cm³/mol. The van der Waals surface area contributed by atoms with Gasteiger partial charge >= 0.3 is 5.97 Å². The van der Waals surface area contributed by atoms with Crippen molar-refractivity contribution in [2.24, 2.45) is 0 Å². The first-order chi connectivity index (χ1) is 15.4. The SMILES string of the molecule is O=C(COC(=O)c1ccc2c(c1Cl)C(=O)c1ccccc1C2=O)NCc1ccc(Cl)cc1. The van der Waals surface area contributed by atoms with Gasteiger partial charge in [-0.2, -0.15) is 0 Å². The fourth-order valence-electron chi connectivity index (χ4n) is 3.37. The molecule has 3 aromatic carbocycles. The molecule has 1 N–H and O–H groups in total. The second kappa shape index (κ2) is 8.94. The number of amides is 1. The lowest BCUT2D eigenvalue weighted by atomic mass is 9.83. The van der Waals surface area contributed by atoms with E-state index in [0.717, 1.165) is 5.56 Å². The number of nitrogens with one attached hydrogen (secondary N) is 1. The van der Waals surface area contributed by atoms with E-state index in [0.29, 0.717) is 5.02 Å². The summed E-state index contributed by atoms with van der Waals surface area (Å²) in [7, 11) is 0. The van der Waals surface area contributed by atoms with E-state index < -0.39 is 24.3 Å². The molecule has 0 bridgehead atoms. The first-order valence-corrected chi connectivity index (χ1v) is 10.3. The molecule has 8 heteroatoms. The number of ether oxygens (including phenoxy) is 1. The molecule has 1 aliphatic carbocycles. The van der Waals surface area contributed by atoms with Crippen LogP contribution < -0.4 is 5.32 Å². The first-order valence-electron chi connectivity index (χ1n) is 9.56. The summed E-state index contributed by atoms with van der Waals surface area (Å²) in [6.07, 6.45) is 0. The van der Waals surface area contributed by atoms with Crippen LogP contribution in [0.3, 0.4) is 0 Å². The van der Waals surface area contributed by atoms with Crippen LogP contribution in [-0.2, 0) is 16.1 Å². The zero-order chi connectivity index (χ0) is 22.8. The topological polar surface area (TPSA) is 89.5 Å². The minimum absolute atomic E-state index is 0.0444. The third-order valence-electron chi connectivity index (χ3n) is 4.99. The third kappa shape index (κ3) is 4.15. The van der Waals surface area contributed by atoms with Gasteiger partial charge in [0.2, 0.25) is 0 Å². The molecular formula is C24H15Cl2NO5. The highest BCUT2D eigenvalue weighted by molar-refractivity contribution is 6.41. The number of hydrogen-bond donors (Lipinski definition) is 1. The van der Waals surface area contributed by atoms with Gasteiger partial charge in [-0.15, -0.1) is 0 Å². The van der Waals surface area contributed by atoms with Gasteiger partial charge in [-0.25, -0.2) is 4.79 Å². The van der Waals surface area contributed by atoms with Crippen LogP contribution in [0.15, 0.2) is 60.7 Å². The van der Waals surface area contributed by atoms with E-state index in [-0.39, 0.29) is 45.2 Å². The van der Waals surface area contributed by atoms with Gasteiger partial charge in [0.25, 0.3) is 5.91 Å². The lowest BCUT2D eigenvalue weighted by Crippen LogP contribution is -2.28. The van der Waals surface area contributed by atoms with Crippen molar-refractivity contribution in [1.29, 1.82) is 0 Å². The average molecular weight is 468 g/mol. The molecule has 0 fully saturated rings. The van der Waals surface area contributed by atoms with Crippen molar-refractivity contribution < 1.29 is 23.9 Å². The zero-order valence-electron chi connectivity index (χ0n) is 16.5. The van der Waals surface area contributed by atoms with Gasteiger partial charge in [0.1, 0.15) is 0 Å². The third-order valence-corrected chi connectivity index (χ3v) is 5.63. The lowest BCUT2D eigenvalue weighted by Gasteiger charge is -2.19. The van der Waals surface area contributed by atoms with Crippen LogP contribution >= 0.6 is 23.2 Å². The average Bonchev–Trinajstić information content (AvgIpc) is 2.80. The van der Waals surface area contributed by atoms with E-state index in [2.05, 4.69) is 5.32 Å². The number of ketones is 2. The maximum Gasteiger partial charge on any atom is 0.340 e. The lowest BCUT2D eigenvalue weighted by molar-refractivity contribution is -0.124. The molecule has 0 saturated carbocycles. The number of carbonyl (C=O) groups is 4. The molecule has 0 atom stereocenters. The van der Waals surface area contributed by atoms with Gasteiger partial charge < -0.3 is 10.1 Å². The molecule has 1 amide bonds. The summed E-state index contributed by atoms with van der Waals surface area (Å²) < 4.78 is 5.05. The Morgan fingerprint density at radius 3 is 2.16 bits per heavy atom. The summed E-state index contributed by atoms with van der Waals surface area (Å²) in [5.41, 5.74) is 1.31. The molecule has 0 heterocycles. The summed E-state index contributed by atoms with van der Waals surface area (Å²) in [5.74, 6) is -2.18. The Morgan fingerprint density at radius 2 is 1.47 bits per heavy atom. The van der Waals surface area contributed by atoms with Crippen LogP contribution in [0, 0.1) is 0 Å². The first kappa shape index (κ1) is 21.7. The second-order valence-electron chi connectivity index (χ2n) is 7.03. The van der Waals surface area contributed by atoms with Crippen molar-refractivity contribution in [3.63, 3.8) is 0 Å². The molecule has 6 nitrogen and oxygen atoms in total. The normalized spacial score (nSPS) is 12.1. The van der Waals surface area contributed by atoms with Crippen LogP contribution in [0.5, 0.6) is 0 Å². The number of esters is 1. The fraction of sp³-hybridized carbons (Fsp3) is 0.0833. The van der Waals surface area contributed by atoms with Crippen LogP contribution in [0.1, 0.15) is 47.8 Å². The highest BCUT2D eigenvalue weighted by Gasteiger charge is 2.33. The Labute approximate surface area is 193 Å². The molecular weight excluding hydrogens is 453 g/mol. The minimum atomic E-state index is -0.876. The van der Waals surface area contributed by atoms with Gasteiger partial charge in [-0.3, -0.25) is 14.4 Å². The van der Waals surface area contributed by atoms with Crippen LogP contribution in [0.2, 0.25) is 10.0 Å². The van der Waals surface area contributed by atoms with Crippen molar-refractivity contribution in [2.75, 3.05) is 6.61 Å². The van der Waals surface area contributed by atoms with E-state index in [4.69, 9.17) is 27.9 Å². The van der Waals surface area contributed by atoms with Crippen molar-refractivity contribution in [2.45, 2.75) is 6.54 Å². The van der Waals surface area contributed by atoms with Gasteiger partial charge in [0, 0.05) is 28.3 Å². The van der Waals surface area contributed by atoms with Gasteiger partial charge in [-0.05, 0) is 29.8 Å². The molecule has 0 radical (unpaired) electrons. The Balaban J connectivity index is 1.46. The molecule has 0 aromatic heterocycles. The smallest absolute Gasteiger partial charge is 0.340 e. The van der Waals surface area contributed by atoms with Crippen LogP contribution in [-0.4, -0.2) is 30.0 Å². The summed E-state index contributed by atoms with van der Waals surface area (Å²) in [5, 5.41) is 3.03. The quantitative estimate of drug-likeness (QED) is 0.443. The van der Waals surface area contributed by atoms with Gasteiger partial charge in [0.15, 0.2) is 18.2 Å². The van der Waals surface area contributed by atoms with Gasteiger partial charge in [0.05, 0.1) is 16.1 Å². The van der Waals surface area contributed by atoms with Crippen LogP contribution in [0.25, 0.3) is 0 Å². The number of carbonyl (C=O) groups excluding carboxylic acids is 4. The Kier molecular flexibility index (Phi) is 6.08. The number of benzene rings is 3. The highest BCUT2D eigenvalue weighted by Crippen LogP contribution is 2.34. The molecule has 4 rings (SSSR count). The van der Waals surface area contributed by atoms with Crippen molar-refractivity contribution in [3.8, 4) is 0 Å². The Morgan fingerprint density at radius 1 is 0.812 bits per heavy atom. The molecule has 0 aliphatic heterocycles. The monoisotopic (exact) mass is 467 g/mol. The maximum absolute atomic E-state index is 12.9. The number of rotatable bonds is 5. The van der Waals surface area contributed by atoms with Gasteiger partial charge in [-0.1, -0.05) is 59.6 Å². The molecule has 1 aliphatic rings. The van der Waals surface area contributed by atoms with E-state index >= 15 is 0 Å². The molecule has 0 unspecified atom stereocenters. The van der Waals surface area contributed by atoms with E-state index in [9.17, 15) is 19.2 Å². The maximum atomic E-state index is 12.9. The van der Waals surface area contributed by atoms with Crippen LogP contribution in [0.4, 0.5) is 0 Å². The minimum Gasteiger partial charge on any atom is -0.452 e. The molecule has 3 aromatic rings. The van der Waals surface area contributed by atoms with E-state index in [1.54, 1.807) is 42.5 Å². The van der Waals surface area contributed by atoms with Crippen molar-refractivity contribution in [3.05, 3.63) is 104 Å². The summed E-state index contributed by atoms with van der Waals surface area (Å²) in [4.78, 5) is 50.1. The molecule has 32 heavy (non-hydrogen) atoms. The molecule has 0 spiro atoms. The predicted octanol–water partition coefficient (Wildman–Crippen LogP) is 4.24. The standard InChI is InChI=1S/C24H15Cl2NO5/c25-14-7-5-13(6-8-14)11-27-19(28)12-32-24(31)18-10-9-17-20(21(18)26)23(30)16-4-2-1-3-15(16)22(17)29/h1-10H,11-12H2,(H,27,28). The Bertz CT molecular complexity index is 1270. The summed E-state index contributed by atoms with van der Waals surface area (Å²) >= 11 is 12.2. The molecule has 0 saturated heterocycles. The molecule has 160 valence electrons. The highest BCUT2D eigenvalue weighted by atomic mass is 35.5. The van der Waals surface area contributed by atoms with Crippen molar-refractivity contribution in [1.82, 2.24) is 5.32 Å². The number of fused-ring (bicyclic) bond motifs is 2. The van der Waals surface area contributed by atoms with E-state index in [1.165, 1.54) is 18.2 Å². The Hall–Kier alpha value is -3.48. The largest absolute Gasteiger partial charge is 0.452 e. The second-order valence-corrected chi connectivity index (χ2v) is 7.85.